The molecule has 26 heavy (non-hydrogen) atoms. The van der Waals surface area contributed by atoms with Gasteiger partial charge in [0.25, 0.3) is 0 Å². The molecule has 0 aromatic carbocycles. The van der Waals surface area contributed by atoms with Crippen LogP contribution in [0.25, 0.3) is 28.1 Å². The van der Waals surface area contributed by atoms with Crippen LogP contribution in [0.15, 0.2) is 41.4 Å². The van der Waals surface area contributed by atoms with Crippen molar-refractivity contribution in [2.45, 2.75) is 12.4 Å². The molecule has 0 aliphatic rings. The minimum absolute atomic E-state index is 0.00244. The molecule has 4 heterocycles. The number of oxazole rings is 1. The van der Waals surface area contributed by atoms with E-state index in [-0.39, 0.29) is 23.2 Å². The number of aromatic nitrogens is 4. The largest absolute Gasteiger partial charge is 0.442 e. The number of fused-ring (bicyclic) bond motifs is 3. The third-order valence-electron chi connectivity index (χ3n) is 3.68. The second kappa shape index (κ2) is 5.19. The smallest absolute Gasteiger partial charge is 0.433 e. The van der Waals surface area contributed by atoms with Gasteiger partial charge in [-0.05, 0) is 18.2 Å². The lowest BCUT2D eigenvalue weighted by atomic mass is 10.1. The monoisotopic (exact) mass is 372 g/mol. The van der Waals surface area contributed by atoms with Gasteiger partial charge < -0.3 is 4.42 Å². The van der Waals surface area contributed by atoms with Gasteiger partial charge in [0, 0.05) is 11.6 Å². The first-order chi connectivity index (χ1) is 12.1. The number of hydrogen-bond acceptors (Lipinski definition) is 4. The fourth-order valence-electron chi connectivity index (χ4n) is 2.57. The number of halogens is 6. The third-order valence-corrected chi connectivity index (χ3v) is 3.68. The molecule has 4 aromatic heterocycles. The molecule has 0 saturated heterocycles. The van der Waals surface area contributed by atoms with Gasteiger partial charge in [-0.2, -0.15) is 26.3 Å². The molecule has 0 aliphatic heterocycles. The number of alkyl halides is 6. The molecule has 4 aromatic rings. The summed E-state index contributed by atoms with van der Waals surface area (Å²) in [5, 5.41) is -0.473. The van der Waals surface area contributed by atoms with Crippen LogP contribution >= 0.6 is 0 Å². The molecular formula is C15H6F6N4O. The normalized spacial score (nSPS) is 13.0. The van der Waals surface area contributed by atoms with E-state index in [1.54, 1.807) is 0 Å². The molecule has 0 aliphatic carbocycles. The Kier molecular flexibility index (Phi) is 3.27. The highest BCUT2D eigenvalue weighted by molar-refractivity contribution is 5.83. The molecule has 134 valence electrons. The quantitative estimate of drug-likeness (QED) is 0.459. The average molecular weight is 372 g/mol. The van der Waals surface area contributed by atoms with Crippen LogP contribution in [0, 0.1) is 0 Å². The Morgan fingerprint density at radius 1 is 0.962 bits per heavy atom. The minimum Gasteiger partial charge on any atom is -0.442 e. The highest BCUT2D eigenvalue weighted by Gasteiger charge is 2.39. The van der Waals surface area contributed by atoms with Crippen molar-refractivity contribution in [3.8, 4) is 11.5 Å². The van der Waals surface area contributed by atoms with E-state index >= 15 is 0 Å². The topological polar surface area (TPSA) is 56.2 Å². The van der Waals surface area contributed by atoms with Gasteiger partial charge in [-0.25, -0.2) is 15.0 Å². The van der Waals surface area contributed by atoms with Crippen LogP contribution in [0.3, 0.4) is 0 Å². The Labute approximate surface area is 139 Å². The lowest BCUT2D eigenvalue weighted by molar-refractivity contribution is -0.144. The predicted octanol–water partition coefficient (Wildman–Crippen LogP) is 4.58. The van der Waals surface area contributed by atoms with E-state index in [4.69, 9.17) is 4.42 Å². The zero-order valence-electron chi connectivity index (χ0n) is 12.4. The molecular weight excluding hydrogens is 366 g/mol. The molecule has 0 unspecified atom stereocenters. The standard InChI is InChI=1S/C15H6F6N4O/c16-14(17,18)8-3-11(15(19,20)21)24-13-7(8)1-2-12-23-9(5-25(12)13)10-4-22-6-26-10/h1-6H. The number of pyridine rings is 2. The summed E-state index contributed by atoms with van der Waals surface area (Å²) in [4.78, 5) is 11.2. The maximum Gasteiger partial charge on any atom is 0.433 e. The first-order valence-electron chi connectivity index (χ1n) is 7.01. The van der Waals surface area contributed by atoms with Crippen LogP contribution in [-0.2, 0) is 12.4 Å². The van der Waals surface area contributed by atoms with E-state index in [1.165, 1.54) is 18.5 Å². The predicted molar refractivity (Wildman–Crippen MR) is 76.0 cm³/mol. The van der Waals surface area contributed by atoms with Gasteiger partial charge in [0.1, 0.15) is 22.7 Å². The number of hydrogen-bond donors (Lipinski definition) is 0. The fraction of sp³-hybridized carbons (Fsp3) is 0.133. The van der Waals surface area contributed by atoms with Crippen LogP contribution < -0.4 is 0 Å². The lowest BCUT2D eigenvalue weighted by Gasteiger charge is -2.14. The second-order valence-corrected chi connectivity index (χ2v) is 5.34. The molecule has 0 radical (unpaired) electrons. The fourth-order valence-corrected chi connectivity index (χ4v) is 2.57. The lowest BCUT2D eigenvalue weighted by Crippen LogP contribution is -2.14. The Hall–Kier alpha value is -3.11. The van der Waals surface area contributed by atoms with Gasteiger partial charge >= 0.3 is 12.4 Å². The van der Waals surface area contributed by atoms with Crippen molar-refractivity contribution in [2.75, 3.05) is 0 Å². The summed E-state index contributed by atoms with van der Waals surface area (Å²) in [6.07, 6.45) is -6.34. The minimum atomic E-state index is -5.04. The summed E-state index contributed by atoms with van der Waals surface area (Å²) in [7, 11) is 0. The zero-order chi connectivity index (χ0) is 18.7. The van der Waals surface area contributed by atoms with E-state index < -0.39 is 34.6 Å². The van der Waals surface area contributed by atoms with Crippen LogP contribution in [-0.4, -0.2) is 19.4 Å². The Balaban J connectivity index is 2.09. The van der Waals surface area contributed by atoms with Crippen LogP contribution in [0.4, 0.5) is 26.3 Å². The highest BCUT2D eigenvalue weighted by atomic mass is 19.4. The molecule has 0 fully saturated rings. The van der Waals surface area contributed by atoms with Crippen molar-refractivity contribution in [3.05, 3.63) is 48.2 Å². The third kappa shape index (κ3) is 2.55. The van der Waals surface area contributed by atoms with E-state index in [0.717, 1.165) is 16.9 Å². The molecule has 0 saturated carbocycles. The van der Waals surface area contributed by atoms with E-state index in [9.17, 15) is 26.3 Å². The Bertz CT molecular complexity index is 1110. The summed E-state index contributed by atoms with van der Waals surface area (Å²) in [6, 6.07) is 2.30. The molecule has 0 atom stereocenters. The van der Waals surface area contributed by atoms with Crippen LogP contribution in [0.2, 0.25) is 0 Å². The van der Waals surface area contributed by atoms with Crippen molar-refractivity contribution in [1.29, 1.82) is 0 Å². The summed E-state index contributed by atoms with van der Waals surface area (Å²) in [6.45, 7) is 0. The van der Waals surface area contributed by atoms with Crippen molar-refractivity contribution in [2.24, 2.45) is 0 Å². The van der Waals surface area contributed by atoms with Gasteiger partial charge in [-0.3, -0.25) is 4.40 Å². The van der Waals surface area contributed by atoms with Gasteiger partial charge in [0.2, 0.25) is 0 Å². The van der Waals surface area contributed by atoms with Crippen molar-refractivity contribution in [3.63, 3.8) is 0 Å². The van der Waals surface area contributed by atoms with Gasteiger partial charge in [0.05, 0.1) is 11.8 Å². The molecule has 0 N–H and O–H groups in total. The van der Waals surface area contributed by atoms with Gasteiger partial charge in [0.15, 0.2) is 12.2 Å². The van der Waals surface area contributed by atoms with E-state index in [2.05, 4.69) is 15.0 Å². The van der Waals surface area contributed by atoms with Gasteiger partial charge in [-0.1, -0.05) is 0 Å². The molecule has 0 bridgehead atoms. The summed E-state index contributed by atoms with van der Waals surface area (Å²) >= 11 is 0. The van der Waals surface area contributed by atoms with Crippen LogP contribution in [0.1, 0.15) is 11.3 Å². The van der Waals surface area contributed by atoms with Gasteiger partial charge in [-0.15, -0.1) is 0 Å². The van der Waals surface area contributed by atoms with E-state index in [0.29, 0.717) is 0 Å². The summed E-state index contributed by atoms with van der Waals surface area (Å²) in [5.41, 5.74) is -3.26. The Morgan fingerprint density at radius 3 is 2.35 bits per heavy atom. The van der Waals surface area contributed by atoms with Crippen molar-refractivity contribution in [1.82, 2.24) is 19.4 Å². The number of rotatable bonds is 1. The maximum atomic E-state index is 13.3. The number of imidazole rings is 1. The number of nitrogens with zero attached hydrogens (tertiary/aromatic N) is 4. The van der Waals surface area contributed by atoms with E-state index in [1.807, 2.05) is 0 Å². The molecule has 11 heteroatoms. The summed E-state index contributed by atoms with van der Waals surface area (Å²) < 4.78 is 85.0. The molecule has 0 spiro atoms. The van der Waals surface area contributed by atoms with Crippen molar-refractivity contribution >= 4 is 16.7 Å². The molecule has 5 nitrogen and oxygen atoms in total. The maximum absolute atomic E-state index is 13.3. The van der Waals surface area contributed by atoms with Crippen molar-refractivity contribution < 1.29 is 30.8 Å². The first kappa shape index (κ1) is 16.4. The average Bonchev–Trinajstić information content (AvgIpc) is 3.20. The molecule has 0 amide bonds. The SMILES string of the molecule is FC(F)(F)c1cc(C(F)(F)F)c2ccc3nc(-c4cnco4)cn3c2n1. The second-order valence-electron chi connectivity index (χ2n) is 5.34. The van der Waals surface area contributed by atoms with Crippen LogP contribution in [0.5, 0.6) is 0 Å². The summed E-state index contributed by atoms with van der Waals surface area (Å²) in [5.74, 6) is 0.213. The first-order valence-corrected chi connectivity index (χ1v) is 7.01. The zero-order valence-corrected chi connectivity index (χ0v) is 12.4. The highest BCUT2D eigenvalue weighted by Crippen LogP contribution is 2.38. The molecule has 4 rings (SSSR count). The Morgan fingerprint density at radius 2 is 1.73 bits per heavy atom.